The first-order valence-corrected chi connectivity index (χ1v) is 8.02. The minimum Gasteiger partial charge on any atom is -0.271 e. The van der Waals surface area contributed by atoms with Crippen molar-refractivity contribution in [1.29, 1.82) is 0 Å². The molecule has 0 aromatic heterocycles. The highest BCUT2D eigenvalue weighted by molar-refractivity contribution is 7.99. The van der Waals surface area contributed by atoms with Crippen molar-refractivity contribution in [2.45, 2.75) is 49.5 Å². The highest BCUT2D eigenvalue weighted by atomic mass is 32.2. The second-order valence-electron chi connectivity index (χ2n) is 5.15. The van der Waals surface area contributed by atoms with Crippen molar-refractivity contribution in [3.05, 3.63) is 30.3 Å². The van der Waals surface area contributed by atoms with Crippen molar-refractivity contribution in [3.63, 3.8) is 0 Å². The molecule has 1 saturated carbocycles. The molecule has 0 spiro atoms. The lowest BCUT2D eigenvalue weighted by molar-refractivity contribution is 0.346. The van der Waals surface area contributed by atoms with E-state index in [0.717, 1.165) is 11.7 Å². The van der Waals surface area contributed by atoms with Gasteiger partial charge in [0, 0.05) is 16.7 Å². The summed E-state index contributed by atoms with van der Waals surface area (Å²) in [5.41, 5.74) is 3.05. The van der Waals surface area contributed by atoms with Crippen LogP contribution in [0.3, 0.4) is 0 Å². The predicted octanol–water partition coefficient (Wildman–Crippen LogP) is 3.58. The number of rotatable bonds is 5. The van der Waals surface area contributed by atoms with Crippen LogP contribution in [0, 0.1) is 5.92 Å². The molecule has 0 radical (unpaired) electrons. The molecule has 1 unspecified atom stereocenters. The molecule has 0 saturated heterocycles. The van der Waals surface area contributed by atoms with Gasteiger partial charge < -0.3 is 0 Å². The third-order valence-electron chi connectivity index (χ3n) is 3.86. The Morgan fingerprint density at radius 1 is 1.11 bits per heavy atom. The van der Waals surface area contributed by atoms with Gasteiger partial charge in [-0.2, -0.15) is 0 Å². The standard InChI is InChI=1S/C15H24N2S/c16-17-15(13-8-4-1-2-5-9-13)12-18-14-10-6-3-7-11-14/h3,6-7,10-11,13,15,17H,1-2,4-5,8-9,12,16H2. The summed E-state index contributed by atoms with van der Waals surface area (Å²) in [6.45, 7) is 0. The summed E-state index contributed by atoms with van der Waals surface area (Å²) in [7, 11) is 0. The number of hydrazine groups is 1. The highest BCUT2D eigenvalue weighted by Gasteiger charge is 2.21. The van der Waals surface area contributed by atoms with Crippen molar-refractivity contribution in [2.75, 3.05) is 5.75 Å². The van der Waals surface area contributed by atoms with Gasteiger partial charge >= 0.3 is 0 Å². The van der Waals surface area contributed by atoms with Crippen molar-refractivity contribution >= 4 is 11.8 Å². The summed E-state index contributed by atoms with van der Waals surface area (Å²) in [5.74, 6) is 7.59. The van der Waals surface area contributed by atoms with Crippen molar-refractivity contribution < 1.29 is 0 Å². The fourth-order valence-electron chi connectivity index (χ4n) is 2.74. The van der Waals surface area contributed by atoms with Crippen LogP contribution < -0.4 is 11.3 Å². The molecule has 100 valence electrons. The van der Waals surface area contributed by atoms with Crippen molar-refractivity contribution in [2.24, 2.45) is 11.8 Å². The van der Waals surface area contributed by atoms with E-state index in [-0.39, 0.29) is 0 Å². The minimum atomic E-state index is 0.452. The van der Waals surface area contributed by atoms with Crippen LogP contribution in [-0.4, -0.2) is 11.8 Å². The molecule has 2 rings (SSSR count). The molecule has 1 atom stereocenters. The molecule has 3 heteroatoms. The first-order chi connectivity index (χ1) is 8.90. The van der Waals surface area contributed by atoms with E-state index in [2.05, 4.69) is 35.8 Å². The van der Waals surface area contributed by atoms with Crippen LogP contribution >= 0.6 is 11.8 Å². The maximum Gasteiger partial charge on any atom is 0.0332 e. The largest absolute Gasteiger partial charge is 0.271 e. The summed E-state index contributed by atoms with van der Waals surface area (Å²) in [5, 5.41) is 0. The van der Waals surface area contributed by atoms with E-state index >= 15 is 0 Å². The number of nitrogens with one attached hydrogen (secondary N) is 1. The van der Waals surface area contributed by atoms with E-state index < -0.39 is 0 Å². The average molecular weight is 264 g/mol. The lowest BCUT2D eigenvalue weighted by Crippen LogP contribution is -2.42. The zero-order valence-electron chi connectivity index (χ0n) is 11.0. The molecular formula is C15H24N2S. The Balaban J connectivity index is 1.84. The molecule has 1 aromatic rings. The molecule has 2 nitrogen and oxygen atoms in total. The number of thioether (sulfide) groups is 1. The molecule has 0 amide bonds. The molecule has 0 heterocycles. The minimum absolute atomic E-state index is 0.452. The maximum atomic E-state index is 5.76. The van der Waals surface area contributed by atoms with Gasteiger partial charge in [-0.25, -0.2) is 0 Å². The Morgan fingerprint density at radius 2 is 1.78 bits per heavy atom. The third kappa shape index (κ3) is 4.30. The van der Waals surface area contributed by atoms with E-state index in [9.17, 15) is 0 Å². The predicted molar refractivity (Wildman–Crippen MR) is 79.5 cm³/mol. The second kappa shape index (κ2) is 7.82. The average Bonchev–Trinajstić information content (AvgIpc) is 2.70. The van der Waals surface area contributed by atoms with Gasteiger partial charge in [0.1, 0.15) is 0 Å². The van der Waals surface area contributed by atoms with Gasteiger partial charge in [-0.3, -0.25) is 11.3 Å². The van der Waals surface area contributed by atoms with Crippen LogP contribution in [0.25, 0.3) is 0 Å². The highest BCUT2D eigenvalue weighted by Crippen LogP contribution is 2.28. The Labute approximate surface area is 115 Å². The summed E-state index contributed by atoms with van der Waals surface area (Å²) < 4.78 is 0. The van der Waals surface area contributed by atoms with Gasteiger partial charge in [0.15, 0.2) is 0 Å². The van der Waals surface area contributed by atoms with Gasteiger partial charge in [0.05, 0.1) is 0 Å². The molecule has 0 bridgehead atoms. The Morgan fingerprint density at radius 3 is 2.39 bits per heavy atom. The quantitative estimate of drug-likeness (QED) is 0.369. The van der Waals surface area contributed by atoms with Crippen LogP contribution in [0.1, 0.15) is 38.5 Å². The monoisotopic (exact) mass is 264 g/mol. The summed E-state index contributed by atoms with van der Waals surface area (Å²) in [6, 6.07) is 11.1. The van der Waals surface area contributed by atoms with E-state index in [1.807, 2.05) is 11.8 Å². The first kappa shape index (κ1) is 13.9. The molecule has 18 heavy (non-hydrogen) atoms. The summed E-state index contributed by atoms with van der Waals surface area (Å²) >= 11 is 1.91. The smallest absolute Gasteiger partial charge is 0.0332 e. The first-order valence-electron chi connectivity index (χ1n) is 7.04. The van der Waals surface area contributed by atoms with Crippen LogP contribution in [0.5, 0.6) is 0 Å². The topological polar surface area (TPSA) is 38.0 Å². The Kier molecular flexibility index (Phi) is 6.05. The van der Waals surface area contributed by atoms with Gasteiger partial charge in [-0.1, -0.05) is 43.9 Å². The number of hydrogen-bond acceptors (Lipinski definition) is 3. The Hall–Kier alpha value is -0.510. The molecular weight excluding hydrogens is 240 g/mol. The van der Waals surface area contributed by atoms with E-state index in [4.69, 9.17) is 5.84 Å². The second-order valence-corrected chi connectivity index (χ2v) is 6.24. The number of benzene rings is 1. The fourth-order valence-corrected chi connectivity index (χ4v) is 3.83. The fraction of sp³-hybridized carbons (Fsp3) is 0.600. The Bertz CT molecular complexity index is 321. The molecule has 1 aliphatic rings. The molecule has 1 fully saturated rings. The normalized spacial score (nSPS) is 19.4. The van der Waals surface area contributed by atoms with Crippen molar-refractivity contribution in [3.8, 4) is 0 Å². The third-order valence-corrected chi connectivity index (χ3v) is 4.99. The molecule has 0 aliphatic heterocycles. The molecule has 3 N–H and O–H groups in total. The van der Waals surface area contributed by atoms with Gasteiger partial charge in [-0.15, -0.1) is 11.8 Å². The van der Waals surface area contributed by atoms with Gasteiger partial charge in [0.2, 0.25) is 0 Å². The lowest BCUT2D eigenvalue weighted by atomic mass is 9.93. The van der Waals surface area contributed by atoms with E-state index in [0.29, 0.717) is 6.04 Å². The number of hydrogen-bond donors (Lipinski definition) is 2. The molecule has 1 aromatic carbocycles. The van der Waals surface area contributed by atoms with Crippen molar-refractivity contribution in [1.82, 2.24) is 5.43 Å². The number of nitrogens with two attached hydrogens (primary N) is 1. The molecule has 1 aliphatic carbocycles. The summed E-state index contributed by atoms with van der Waals surface area (Å²) in [4.78, 5) is 1.34. The van der Waals surface area contributed by atoms with E-state index in [1.165, 1.54) is 43.4 Å². The van der Waals surface area contributed by atoms with Crippen LogP contribution in [0.2, 0.25) is 0 Å². The van der Waals surface area contributed by atoms with Crippen LogP contribution in [0.4, 0.5) is 0 Å². The summed E-state index contributed by atoms with van der Waals surface area (Å²) in [6.07, 6.45) is 8.23. The van der Waals surface area contributed by atoms with Crippen LogP contribution in [-0.2, 0) is 0 Å². The SMILES string of the molecule is NNC(CSc1ccccc1)C1CCCCCC1. The van der Waals surface area contributed by atoms with Gasteiger partial charge in [-0.05, 0) is 30.9 Å². The van der Waals surface area contributed by atoms with Crippen LogP contribution in [0.15, 0.2) is 35.2 Å². The maximum absolute atomic E-state index is 5.76. The lowest BCUT2D eigenvalue weighted by Gasteiger charge is -2.25. The zero-order valence-corrected chi connectivity index (χ0v) is 11.8. The van der Waals surface area contributed by atoms with E-state index in [1.54, 1.807) is 0 Å². The van der Waals surface area contributed by atoms with Gasteiger partial charge in [0.25, 0.3) is 0 Å². The zero-order chi connectivity index (χ0) is 12.6.